The Hall–Kier alpha value is -0.940. The van der Waals surface area contributed by atoms with Gasteiger partial charge in [0.25, 0.3) is 0 Å². The van der Waals surface area contributed by atoms with Crippen LogP contribution in [0, 0.1) is 93.2 Å². The Morgan fingerprint density at radius 3 is 1.90 bits per heavy atom. The van der Waals surface area contributed by atoms with Crippen LogP contribution < -0.4 is 0 Å². The molecular weight excluding hydrogens is 794 g/mol. The van der Waals surface area contributed by atoms with Crippen molar-refractivity contribution in [3.63, 3.8) is 0 Å². The van der Waals surface area contributed by atoms with Crippen LogP contribution >= 0.6 is 11.6 Å². The molecule has 0 radical (unpaired) electrons. The molecule has 4 N–H and O–H groups in total. The van der Waals surface area contributed by atoms with Gasteiger partial charge in [0.2, 0.25) is 0 Å². The van der Waals surface area contributed by atoms with E-state index in [0.717, 1.165) is 97.8 Å². The van der Waals surface area contributed by atoms with E-state index in [4.69, 9.17) is 11.6 Å². The topological polar surface area (TPSA) is 84.5 Å². The van der Waals surface area contributed by atoms with Crippen molar-refractivity contribution in [2.45, 2.75) is 233 Å². The summed E-state index contributed by atoms with van der Waals surface area (Å²) in [5.74, 6) is 6.62. The summed E-state index contributed by atoms with van der Waals surface area (Å²) in [6.07, 6.45) is 27.8. The number of rotatable bonds is 22. The molecule has 0 bridgehead atoms. The van der Waals surface area contributed by atoms with Gasteiger partial charge < -0.3 is 20.7 Å². The highest BCUT2D eigenvalue weighted by molar-refractivity contribution is 6.20. The van der Waals surface area contributed by atoms with E-state index in [1.54, 1.807) is 11.1 Å². The zero-order valence-electron chi connectivity index (χ0n) is 41.6. The van der Waals surface area contributed by atoms with E-state index in [1.807, 2.05) is 6.92 Å². The Labute approximate surface area is 392 Å². The van der Waals surface area contributed by atoms with Gasteiger partial charge in [-0.3, -0.25) is 0 Å². The maximum Gasteiger partial charge on any atom is 0.0830 e. The molecule has 0 aromatic rings. The van der Waals surface area contributed by atoms with E-state index in [2.05, 4.69) is 54.7 Å². The SMILES string of the molecule is C=C(CCC(C(=C)C(O)C1CCC(C(C)C2=C(C)C(CC3(C4CCC(Cl)CC4)CC3)CC(C(C)CC(C)(C)CC)C2)CC1)C(C)O)C(O)C(C(=N)C1CCC(C2CC2)CC1)C1CC1. The molecule has 0 amide bonds. The fourth-order valence-corrected chi connectivity index (χ4v) is 15.2. The molecule has 63 heavy (non-hydrogen) atoms. The lowest BCUT2D eigenvalue weighted by atomic mass is 9.61. The largest absolute Gasteiger partial charge is 0.393 e. The molecule has 0 saturated heterocycles. The van der Waals surface area contributed by atoms with Gasteiger partial charge in [0.05, 0.1) is 18.3 Å². The molecule has 9 unspecified atom stereocenters. The molecule has 4 nitrogen and oxygen atoms in total. The fraction of sp³-hybridized carbons (Fsp3) is 0.879. The van der Waals surface area contributed by atoms with Gasteiger partial charge in [-0.1, -0.05) is 65.3 Å². The van der Waals surface area contributed by atoms with Crippen molar-refractivity contribution in [3.8, 4) is 0 Å². The van der Waals surface area contributed by atoms with Crippen LogP contribution in [0.1, 0.15) is 209 Å². The van der Waals surface area contributed by atoms with Crippen LogP contribution in [-0.4, -0.2) is 44.7 Å². The zero-order chi connectivity index (χ0) is 45.4. The summed E-state index contributed by atoms with van der Waals surface area (Å²) in [4.78, 5) is 0. The van der Waals surface area contributed by atoms with E-state index in [1.165, 1.54) is 96.3 Å². The van der Waals surface area contributed by atoms with Crippen LogP contribution in [0.4, 0.5) is 0 Å². The van der Waals surface area contributed by atoms with Crippen molar-refractivity contribution in [3.05, 3.63) is 35.5 Å². The summed E-state index contributed by atoms with van der Waals surface area (Å²) in [6, 6.07) is 0. The molecule has 6 fully saturated rings. The molecule has 9 atom stereocenters. The summed E-state index contributed by atoms with van der Waals surface area (Å²) in [7, 11) is 0. The minimum absolute atomic E-state index is 0.117. The van der Waals surface area contributed by atoms with E-state index in [0.29, 0.717) is 58.6 Å². The summed E-state index contributed by atoms with van der Waals surface area (Å²) in [6.45, 7) is 25.7. The number of nitrogens with one attached hydrogen (secondary N) is 1. The zero-order valence-corrected chi connectivity index (χ0v) is 42.4. The Morgan fingerprint density at radius 2 is 1.37 bits per heavy atom. The molecule has 7 aliphatic rings. The molecule has 358 valence electrons. The third-order valence-corrected chi connectivity index (χ3v) is 20.8. The Kier molecular flexibility index (Phi) is 16.8. The predicted molar refractivity (Wildman–Crippen MR) is 266 cm³/mol. The minimum atomic E-state index is -0.706. The molecule has 0 aliphatic heterocycles. The predicted octanol–water partition coefficient (Wildman–Crippen LogP) is 15.1. The third kappa shape index (κ3) is 12.2. The average Bonchev–Trinajstić information content (AvgIpc) is 4.11. The molecule has 7 rings (SSSR count). The monoisotopic (exact) mass is 890 g/mol. The maximum absolute atomic E-state index is 11.9. The van der Waals surface area contributed by atoms with Crippen molar-refractivity contribution < 1.29 is 15.3 Å². The smallest absolute Gasteiger partial charge is 0.0830 e. The molecule has 0 aromatic heterocycles. The molecule has 5 heteroatoms. The lowest BCUT2D eigenvalue weighted by Crippen LogP contribution is -2.37. The molecule has 6 saturated carbocycles. The summed E-state index contributed by atoms with van der Waals surface area (Å²) in [5, 5.41) is 44.5. The molecule has 0 aromatic carbocycles. The van der Waals surface area contributed by atoms with Gasteiger partial charge in [-0.25, -0.2) is 0 Å². The van der Waals surface area contributed by atoms with E-state index in [-0.39, 0.29) is 17.8 Å². The van der Waals surface area contributed by atoms with Gasteiger partial charge in [-0.15, -0.1) is 11.6 Å². The molecule has 0 spiro atoms. The molecule has 0 heterocycles. The number of hydrogen-bond acceptors (Lipinski definition) is 4. The van der Waals surface area contributed by atoms with Gasteiger partial charge in [0.1, 0.15) is 0 Å². The first-order valence-corrected chi connectivity index (χ1v) is 27.7. The normalized spacial score (nSPS) is 34.9. The lowest BCUT2D eigenvalue weighted by Gasteiger charge is -2.44. The molecule has 7 aliphatic carbocycles. The van der Waals surface area contributed by atoms with Crippen molar-refractivity contribution in [1.82, 2.24) is 0 Å². The maximum atomic E-state index is 11.9. The number of aliphatic hydroxyl groups excluding tert-OH is 3. The van der Waals surface area contributed by atoms with Crippen LogP contribution in [0.25, 0.3) is 0 Å². The van der Waals surface area contributed by atoms with Gasteiger partial charge in [-0.2, -0.15) is 0 Å². The quantitative estimate of drug-likeness (QED) is 0.0496. The lowest BCUT2D eigenvalue weighted by molar-refractivity contribution is 0.0644. The Bertz CT molecular complexity index is 1580. The number of halogens is 1. The third-order valence-electron chi connectivity index (χ3n) is 20.4. The van der Waals surface area contributed by atoms with E-state index in [9.17, 15) is 20.7 Å². The highest BCUT2D eigenvalue weighted by Gasteiger charge is 2.52. The second kappa shape index (κ2) is 21.1. The minimum Gasteiger partial charge on any atom is -0.393 e. The van der Waals surface area contributed by atoms with Crippen molar-refractivity contribution in [2.75, 3.05) is 0 Å². The summed E-state index contributed by atoms with van der Waals surface area (Å²) < 4.78 is 0. The summed E-state index contributed by atoms with van der Waals surface area (Å²) >= 11 is 6.62. The van der Waals surface area contributed by atoms with Crippen LogP contribution in [0.2, 0.25) is 0 Å². The number of aliphatic hydroxyl groups is 3. The highest BCUT2D eigenvalue weighted by Crippen LogP contribution is 2.62. The van der Waals surface area contributed by atoms with Crippen LogP contribution in [0.5, 0.6) is 0 Å². The highest BCUT2D eigenvalue weighted by atomic mass is 35.5. The first kappa shape index (κ1) is 50.0. The van der Waals surface area contributed by atoms with E-state index < -0.39 is 18.3 Å². The second-order valence-corrected chi connectivity index (χ2v) is 25.7. The van der Waals surface area contributed by atoms with Gasteiger partial charge in [0.15, 0.2) is 0 Å². The van der Waals surface area contributed by atoms with E-state index >= 15 is 0 Å². The summed E-state index contributed by atoms with van der Waals surface area (Å²) in [5.41, 5.74) is 6.82. The number of hydrogen-bond donors (Lipinski definition) is 4. The Balaban J connectivity index is 0.943. The van der Waals surface area contributed by atoms with Gasteiger partial charge >= 0.3 is 0 Å². The fourth-order valence-electron chi connectivity index (χ4n) is 14.9. The van der Waals surface area contributed by atoms with Crippen molar-refractivity contribution >= 4 is 17.3 Å². The van der Waals surface area contributed by atoms with Crippen LogP contribution in [-0.2, 0) is 0 Å². The van der Waals surface area contributed by atoms with Crippen LogP contribution in [0.15, 0.2) is 35.5 Å². The second-order valence-electron chi connectivity index (χ2n) is 25.1. The van der Waals surface area contributed by atoms with Gasteiger partial charge in [0, 0.05) is 22.9 Å². The first-order chi connectivity index (χ1) is 29.9. The first-order valence-electron chi connectivity index (χ1n) is 27.2. The molecular formula is C58H96ClNO3. The number of allylic oxidation sites excluding steroid dienone is 2. The standard InChI is InChI=1S/C58H96ClNO3/c1-10-57(8,9)33-36(3)47-31-48(34-58(29-30-58)49-24-26-50(59)27-25-49)38(5)52(32-47)37(4)41-12-22-46(23-13-41)56(63)39(6)51(40(7)61)28-11-35(2)55(62)53(44-18-19-44)54(60)45-20-16-43(17-21-45)42-14-15-42/h36-37,40-51,53,55-56,60-63H,2,6,10-34H2,1,3-5,7-9H3. The van der Waals surface area contributed by atoms with Crippen LogP contribution in [0.3, 0.4) is 0 Å². The average molecular weight is 891 g/mol. The number of alkyl halides is 1. The van der Waals surface area contributed by atoms with Crippen molar-refractivity contribution in [1.29, 1.82) is 5.41 Å². The Morgan fingerprint density at radius 1 is 0.794 bits per heavy atom. The van der Waals surface area contributed by atoms with Crippen molar-refractivity contribution in [2.24, 2.45) is 87.8 Å². The van der Waals surface area contributed by atoms with Gasteiger partial charge in [-0.05, 0) is 255 Å².